The monoisotopic (exact) mass is 328 g/mol. The van der Waals surface area contributed by atoms with Crippen LogP contribution < -0.4 is 15.4 Å². The Hall–Kier alpha value is -2.63. The molecule has 0 saturated heterocycles. The third-order valence-corrected chi connectivity index (χ3v) is 3.21. The second-order valence-corrected chi connectivity index (χ2v) is 5.71. The Kier molecular flexibility index (Phi) is 6.54. The molecule has 0 aliphatic carbocycles. The topological polar surface area (TPSA) is 76.1 Å². The second kappa shape index (κ2) is 8.86. The van der Waals surface area contributed by atoms with Crippen LogP contribution in [0.2, 0.25) is 0 Å². The SMILES string of the molecule is CCCCNC(=O)c1cc(Nc2ccc(OC(C)C)cc2)ncn1. The summed E-state index contributed by atoms with van der Waals surface area (Å²) in [6.45, 7) is 6.70. The summed E-state index contributed by atoms with van der Waals surface area (Å²) in [5, 5.41) is 6.00. The van der Waals surface area contributed by atoms with E-state index in [1.54, 1.807) is 6.07 Å². The lowest BCUT2D eigenvalue weighted by atomic mass is 10.3. The van der Waals surface area contributed by atoms with Crippen molar-refractivity contribution in [3.05, 3.63) is 42.4 Å². The maximum atomic E-state index is 12.0. The number of anilines is 2. The molecule has 0 saturated carbocycles. The average Bonchev–Trinajstić information content (AvgIpc) is 2.56. The van der Waals surface area contributed by atoms with Crippen molar-refractivity contribution < 1.29 is 9.53 Å². The fourth-order valence-corrected chi connectivity index (χ4v) is 2.06. The van der Waals surface area contributed by atoms with Crippen LogP contribution in [0.3, 0.4) is 0 Å². The van der Waals surface area contributed by atoms with Crippen LogP contribution in [-0.4, -0.2) is 28.5 Å². The number of ether oxygens (including phenoxy) is 1. The molecule has 0 aliphatic rings. The summed E-state index contributed by atoms with van der Waals surface area (Å²) in [5.74, 6) is 1.20. The lowest BCUT2D eigenvalue weighted by Gasteiger charge is -2.11. The van der Waals surface area contributed by atoms with E-state index >= 15 is 0 Å². The molecular weight excluding hydrogens is 304 g/mol. The van der Waals surface area contributed by atoms with E-state index in [0.717, 1.165) is 24.3 Å². The van der Waals surface area contributed by atoms with Gasteiger partial charge in [-0.05, 0) is 44.5 Å². The number of carbonyl (C=O) groups is 1. The van der Waals surface area contributed by atoms with Gasteiger partial charge >= 0.3 is 0 Å². The zero-order chi connectivity index (χ0) is 17.4. The molecule has 6 nitrogen and oxygen atoms in total. The molecule has 1 heterocycles. The normalized spacial score (nSPS) is 10.5. The summed E-state index contributed by atoms with van der Waals surface area (Å²) >= 11 is 0. The summed E-state index contributed by atoms with van der Waals surface area (Å²) in [7, 11) is 0. The van der Waals surface area contributed by atoms with Gasteiger partial charge in [-0.2, -0.15) is 0 Å². The number of amides is 1. The molecule has 0 spiro atoms. The Morgan fingerprint density at radius 2 is 1.96 bits per heavy atom. The summed E-state index contributed by atoms with van der Waals surface area (Å²) in [4.78, 5) is 20.2. The van der Waals surface area contributed by atoms with Crippen molar-refractivity contribution in [3.8, 4) is 5.75 Å². The highest BCUT2D eigenvalue weighted by molar-refractivity contribution is 5.92. The molecule has 2 aromatic rings. The zero-order valence-electron chi connectivity index (χ0n) is 14.4. The van der Waals surface area contributed by atoms with Gasteiger partial charge < -0.3 is 15.4 Å². The van der Waals surface area contributed by atoms with Crippen LogP contribution in [-0.2, 0) is 0 Å². The summed E-state index contributed by atoms with van der Waals surface area (Å²) in [6, 6.07) is 9.23. The van der Waals surface area contributed by atoms with E-state index in [1.807, 2.05) is 38.1 Å². The van der Waals surface area contributed by atoms with Gasteiger partial charge in [0.05, 0.1) is 6.10 Å². The summed E-state index contributed by atoms with van der Waals surface area (Å²) in [6.07, 6.45) is 3.51. The smallest absolute Gasteiger partial charge is 0.270 e. The third kappa shape index (κ3) is 5.53. The van der Waals surface area contributed by atoms with E-state index < -0.39 is 0 Å². The fraction of sp³-hybridized carbons (Fsp3) is 0.389. The van der Waals surface area contributed by atoms with Gasteiger partial charge in [-0.1, -0.05) is 13.3 Å². The molecule has 2 rings (SSSR count). The predicted octanol–water partition coefficient (Wildman–Crippen LogP) is 3.54. The second-order valence-electron chi connectivity index (χ2n) is 5.71. The summed E-state index contributed by atoms with van der Waals surface area (Å²) < 4.78 is 5.61. The first-order valence-corrected chi connectivity index (χ1v) is 8.22. The summed E-state index contributed by atoms with van der Waals surface area (Å²) in [5.41, 5.74) is 1.21. The standard InChI is InChI=1S/C18H24N4O2/c1-4-5-10-19-18(23)16-11-17(21-12-20-16)22-14-6-8-15(9-7-14)24-13(2)3/h6-9,11-13H,4-5,10H2,1-3H3,(H,19,23)(H,20,21,22). The number of nitrogens with zero attached hydrogens (tertiary/aromatic N) is 2. The Morgan fingerprint density at radius 1 is 1.21 bits per heavy atom. The van der Waals surface area contributed by atoms with Crippen LogP contribution in [0.5, 0.6) is 5.75 Å². The van der Waals surface area contributed by atoms with E-state index in [9.17, 15) is 4.79 Å². The van der Waals surface area contributed by atoms with Crippen LogP contribution in [0.4, 0.5) is 11.5 Å². The lowest BCUT2D eigenvalue weighted by Crippen LogP contribution is -2.25. The van der Waals surface area contributed by atoms with Gasteiger partial charge in [-0.3, -0.25) is 4.79 Å². The highest BCUT2D eigenvalue weighted by Crippen LogP contribution is 2.19. The molecule has 0 bridgehead atoms. The average molecular weight is 328 g/mol. The number of unbranched alkanes of at least 4 members (excludes halogenated alkanes) is 1. The van der Waals surface area contributed by atoms with Gasteiger partial charge in [0.15, 0.2) is 0 Å². The highest BCUT2D eigenvalue weighted by atomic mass is 16.5. The molecule has 1 aromatic carbocycles. The van der Waals surface area contributed by atoms with Crippen LogP contribution >= 0.6 is 0 Å². The molecule has 128 valence electrons. The molecule has 0 atom stereocenters. The van der Waals surface area contributed by atoms with Crippen molar-refractivity contribution in [3.63, 3.8) is 0 Å². The fourth-order valence-electron chi connectivity index (χ4n) is 2.06. The molecule has 24 heavy (non-hydrogen) atoms. The zero-order valence-corrected chi connectivity index (χ0v) is 14.4. The van der Waals surface area contributed by atoms with E-state index in [2.05, 4.69) is 27.5 Å². The number of aromatic nitrogens is 2. The van der Waals surface area contributed by atoms with Crippen LogP contribution in [0.25, 0.3) is 0 Å². The van der Waals surface area contributed by atoms with Crippen molar-refractivity contribution in [2.24, 2.45) is 0 Å². The maximum Gasteiger partial charge on any atom is 0.270 e. The lowest BCUT2D eigenvalue weighted by molar-refractivity contribution is 0.0948. The van der Waals surface area contributed by atoms with E-state index in [0.29, 0.717) is 18.1 Å². The van der Waals surface area contributed by atoms with Gasteiger partial charge in [0, 0.05) is 18.3 Å². The van der Waals surface area contributed by atoms with E-state index in [-0.39, 0.29) is 12.0 Å². The van der Waals surface area contributed by atoms with Crippen LogP contribution in [0.15, 0.2) is 36.7 Å². The number of rotatable bonds is 8. The van der Waals surface area contributed by atoms with Gasteiger partial charge in [0.2, 0.25) is 0 Å². The Morgan fingerprint density at radius 3 is 2.62 bits per heavy atom. The molecule has 6 heteroatoms. The third-order valence-electron chi connectivity index (χ3n) is 3.21. The number of nitrogens with one attached hydrogen (secondary N) is 2. The molecule has 2 N–H and O–H groups in total. The first kappa shape index (κ1) is 17.7. The minimum absolute atomic E-state index is 0.138. The van der Waals surface area contributed by atoms with Gasteiger partial charge in [-0.15, -0.1) is 0 Å². The van der Waals surface area contributed by atoms with Crippen molar-refractivity contribution >= 4 is 17.4 Å². The quantitative estimate of drug-likeness (QED) is 0.725. The molecule has 0 unspecified atom stereocenters. The highest BCUT2D eigenvalue weighted by Gasteiger charge is 2.08. The maximum absolute atomic E-state index is 12.0. The molecule has 0 aliphatic heterocycles. The minimum Gasteiger partial charge on any atom is -0.491 e. The first-order chi connectivity index (χ1) is 11.6. The Balaban J connectivity index is 1.99. The van der Waals surface area contributed by atoms with Crippen molar-refractivity contribution in [1.82, 2.24) is 15.3 Å². The number of hydrogen-bond acceptors (Lipinski definition) is 5. The van der Waals surface area contributed by atoms with Gasteiger partial charge in [0.25, 0.3) is 5.91 Å². The molecule has 1 aromatic heterocycles. The first-order valence-electron chi connectivity index (χ1n) is 8.22. The Bertz CT molecular complexity index is 656. The van der Waals surface area contributed by atoms with Crippen LogP contribution in [0.1, 0.15) is 44.1 Å². The largest absolute Gasteiger partial charge is 0.491 e. The van der Waals surface area contributed by atoms with E-state index in [4.69, 9.17) is 4.74 Å². The van der Waals surface area contributed by atoms with E-state index in [1.165, 1.54) is 6.33 Å². The van der Waals surface area contributed by atoms with Gasteiger partial charge in [0.1, 0.15) is 23.6 Å². The number of hydrogen-bond donors (Lipinski definition) is 2. The Labute approximate surface area is 142 Å². The van der Waals surface area contributed by atoms with Crippen LogP contribution in [0, 0.1) is 0 Å². The molecule has 0 fully saturated rings. The van der Waals surface area contributed by atoms with Crippen molar-refractivity contribution in [2.75, 3.05) is 11.9 Å². The molecular formula is C18H24N4O2. The number of carbonyl (C=O) groups excluding carboxylic acids is 1. The molecule has 0 radical (unpaired) electrons. The number of benzene rings is 1. The van der Waals surface area contributed by atoms with Crippen molar-refractivity contribution in [1.29, 1.82) is 0 Å². The van der Waals surface area contributed by atoms with Gasteiger partial charge in [-0.25, -0.2) is 9.97 Å². The molecule has 1 amide bonds. The minimum atomic E-state index is -0.186. The van der Waals surface area contributed by atoms with Crippen molar-refractivity contribution in [2.45, 2.75) is 39.7 Å². The predicted molar refractivity (Wildman–Crippen MR) is 94.8 cm³/mol.